The number of aryl methyl sites for hydroxylation is 1. The van der Waals surface area contributed by atoms with Crippen molar-refractivity contribution < 1.29 is 8.78 Å². The van der Waals surface area contributed by atoms with E-state index in [9.17, 15) is 8.78 Å². The highest BCUT2D eigenvalue weighted by molar-refractivity contribution is 5.84. The van der Waals surface area contributed by atoms with Crippen LogP contribution in [0.5, 0.6) is 0 Å². The molecule has 0 unspecified atom stereocenters. The molecule has 1 heterocycles. The number of anilines is 1. The highest BCUT2D eigenvalue weighted by Crippen LogP contribution is 2.26. The van der Waals surface area contributed by atoms with E-state index in [2.05, 4.69) is 9.89 Å². The minimum atomic E-state index is -0.384. The van der Waals surface area contributed by atoms with Crippen LogP contribution in [0.1, 0.15) is 24.0 Å². The number of para-hydroxylation sites is 1. The van der Waals surface area contributed by atoms with Crippen LogP contribution in [0.15, 0.2) is 41.4 Å². The van der Waals surface area contributed by atoms with E-state index in [1.54, 1.807) is 18.2 Å². The van der Waals surface area contributed by atoms with Crippen LogP contribution in [0.25, 0.3) is 0 Å². The van der Waals surface area contributed by atoms with Gasteiger partial charge in [-0.25, -0.2) is 8.78 Å². The van der Waals surface area contributed by atoms with Crippen LogP contribution >= 0.6 is 0 Å². The fourth-order valence-corrected chi connectivity index (χ4v) is 2.72. The predicted octanol–water partition coefficient (Wildman–Crippen LogP) is 4.62. The van der Waals surface area contributed by atoms with Crippen molar-refractivity contribution in [2.24, 2.45) is 4.99 Å². The second-order valence-electron chi connectivity index (χ2n) is 5.56. The summed E-state index contributed by atoms with van der Waals surface area (Å²) in [4.78, 5) is 6.19. The first kappa shape index (κ1) is 14.7. The van der Waals surface area contributed by atoms with Gasteiger partial charge in [0.15, 0.2) is 0 Å². The molecule has 1 aliphatic heterocycles. The van der Waals surface area contributed by atoms with E-state index in [-0.39, 0.29) is 17.3 Å². The molecule has 1 fully saturated rings. The Bertz CT molecular complexity index is 704. The molecule has 0 spiro atoms. The molecule has 1 saturated heterocycles. The molecule has 0 aliphatic carbocycles. The lowest BCUT2D eigenvalue weighted by atomic mass is 10.1. The van der Waals surface area contributed by atoms with Gasteiger partial charge in [-0.05, 0) is 55.2 Å². The molecular formula is C18H18F2N2. The van der Waals surface area contributed by atoms with E-state index in [0.717, 1.165) is 31.5 Å². The molecule has 2 aromatic carbocycles. The highest BCUT2D eigenvalue weighted by atomic mass is 19.1. The predicted molar refractivity (Wildman–Crippen MR) is 86.2 cm³/mol. The zero-order valence-electron chi connectivity index (χ0n) is 12.5. The van der Waals surface area contributed by atoms with Gasteiger partial charge in [0.05, 0.1) is 11.4 Å². The van der Waals surface area contributed by atoms with E-state index in [4.69, 9.17) is 0 Å². The summed E-state index contributed by atoms with van der Waals surface area (Å²) in [7, 11) is 0. The smallest absolute Gasteiger partial charge is 0.148 e. The molecule has 0 aromatic heterocycles. The molecule has 0 N–H and O–H groups in total. The summed E-state index contributed by atoms with van der Waals surface area (Å²) < 4.78 is 27.9. The van der Waals surface area contributed by atoms with Crippen molar-refractivity contribution >= 4 is 17.6 Å². The standard InChI is InChI=1S/C18H18F2N2/c1-13-10-18(22-8-4-5-9-22)16(20)11-14(13)12-21-17-7-3-2-6-15(17)19/h2-3,6-7,10-12H,4-5,8-9H2,1H3. The van der Waals surface area contributed by atoms with Crippen LogP contribution in [0.3, 0.4) is 0 Å². The van der Waals surface area contributed by atoms with Crippen molar-refractivity contribution in [1.82, 2.24) is 0 Å². The summed E-state index contributed by atoms with van der Waals surface area (Å²) in [5.74, 6) is -0.631. The molecule has 2 aromatic rings. The Balaban J connectivity index is 1.88. The zero-order valence-corrected chi connectivity index (χ0v) is 12.5. The third-order valence-electron chi connectivity index (χ3n) is 3.98. The minimum Gasteiger partial charge on any atom is -0.369 e. The lowest BCUT2D eigenvalue weighted by Gasteiger charge is -2.19. The molecule has 3 rings (SSSR count). The number of aliphatic imine (C=N–C) groups is 1. The lowest BCUT2D eigenvalue weighted by molar-refractivity contribution is 0.622. The number of rotatable bonds is 3. The Morgan fingerprint density at radius 3 is 2.50 bits per heavy atom. The minimum absolute atomic E-state index is 0.248. The number of nitrogens with zero attached hydrogens (tertiary/aromatic N) is 2. The fraction of sp³-hybridized carbons (Fsp3) is 0.278. The van der Waals surface area contributed by atoms with Crippen LogP contribution < -0.4 is 4.90 Å². The Morgan fingerprint density at radius 2 is 1.77 bits per heavy atom. The number of hydrogen-bond acceptors (Lipinski definition) is 2. The number of hydrogen-bond donors (Lipinski definition) is 0. The average molecular weight is 300 g/mol. The molecule has 2 nitrogen and oxygen atoms in total. The van der Waals surface area contributed by atoms with Gasteiger partial charge in [-0.3, -0.25) is 4.99 Å². The molecule has 4 heteroatoms. The van der Waals surface area contributed by atoms with Crippen molar-refractivity contribution in [3.63, 3.8) is 0 Å². The quantitative estimate of drug-likeness (QED) is 0.755. The van der Waals surface area contributed by atoms with E-state index in [0.29, 0.717) is 11.3 Å². The van der Waals surface area contributed by atoms with E-state index < -0.39 is 0 Å². The maximum absolute atomic E-state index is 14.3. The number of halogens is 2. The molecule has 0 radical (unpaired) electrons. The van der Waals surface area contributed by atoms with Crippen molar-refractivity contribution in [2.45, 2.75) is 19.8 Å². The summed E-state index contributed by atoms with van der Waals surface area (Å²) in [6.07, 6.45) is 3.73. The number of benzene rings is 2. The Morgan fingerprint density at radius 1 is 1.05 bits per heavy atom. The molecule has 0 saturated carbocycles. The van der Waals surface area contributed by atoms with Gasteiger partial charge < -0.3 is 4.90 Å². The van der Waals surface area contributed by atoms with Crippen molar-refractivity contribution in [1.29, 1.82) is 0 Å². The van der Waals surface area contributed by atoms with Crippen LogP contribution in [0.4, 0.5) is 20.2 Å². The third kappa shape index (κ3) is 3.01. The second-order valence-corrected chi connectivity index (χ2v) is 5.56. The maximum Gasteiger partial charge on any atom is 0.148 e. The van der Waals surface area contributed by atoms with E-state index in [1.165, 1.54) is 18.3 Å². The topological polar surface area (TPSA) is 15.6 Å². The fourth-order valence-electron chi connectivity index (χ4n) is 2.72. The monoisotopic (exact) mass is 300 g/mol. The molecule has 0 amide bonds. The van der Waals surface area contributed by atoms with Gasteiger partial charge in [-0.2, -0.15) is 0 Å². The Hall–Kier alpha value is -2.23. The van der Waals surface area contributed by atoms with Crippen molar-refractivity contribution in [3.05, 3.63) is 59.2 Å². The first-order chi connectivity index (χ1) is 10.6. The molecule has 0 bridgehead atoms. The van der Waals surface area contributed by atoms with Gasteiger partial charge >= 0.3 is 0 Å². The molecular weight excluding hydrogens is 282 g/mol. The van der Waals surface area contributed by atoms with Gasteiger partial charge in [-0.15, -0.1) is 0 Å². The Kier molecular flexibility index (Phi) is 4.18. The first-order valence-electron chi connectivity index (χ1n) is 7.49. The zero-order chi connectivity index (χ0) is 15.5. The van der Waals surface area contributed by atoms with Gasteiger partial charge in [-0.1, -0.05) is 12.1 Å². The summed E-state index contributed by atoms with van der Waals surface area (Å²) in [6.45, 7) is 3.72. The van der Waals surface area contributed by atoms with Crippen LogP contribution in [0, 0.1) is 18.6 Å². The SMILES string of the molecule is Cc1cc(N2CCCC2)c(F)cc1C=Nc1ccccc1F. The molecule has 22 heavy (non-hydrogen) atoms. The van der Waals surface area contributed by atoms with Crippen molar-refractivity contribution in [3.8, 4) is 0 Å². The van der Waals surface area contributed by atoms with Gasteiger partial charge in [0.1, 0.15) is 11.6 Å². The summed E-state index contributed by atoms with van der Waals surface area (Å²) in [6, 6.07) is 9.62. The molecule has 1 aliphatic rings. The summed E-state index contributed by atoms with van der Waals surface area (Å²) >= 11 is 0. The van der Waals surface area contributed by atoms with Crippen LogP contribution in [-0.2, 0) is 0 Å². The van der Waals surface area contributed by atoms with Gasteiger partial charge in [0, 0.05) is 19.3 Å². The molecule has 114 valence electrons. The second kappa shape index (κ2) is 6.26. The first-order valence-corrected chi connectivity index (χ1v) is 7.49. The van der Waals surface area contributed by atoms with Crippen LogP contribution in [0.2, 0.25) is 0 Å². The van der Waals surface area contributed by atoms with Gasteiger partial charge in [0.2, 0.25) is 0 Å². The largest absolute Gasteiger partial charge is 0.369 e. The highest BCUT2D eigenvalue weighted by Gasteiger charge is 2.17. The third-order valence-corrected chi connectivity index (χ3v) is 3.98. The van der Waals surface area contributed by atoms with E-state index in [1.807, 2.05) is 13.0 Å². The van der Waals surface area contributed by atoms with Crippen LogP contribution in [-0.4, -0.2) is 19.3 Å². The summed E-state index contributed by atoms with van der Waals surface area (Å²) in [5.41, 5.74) is 2.51. The van der Waals surface area contributed by atoms with E-state index >= 15 is 0 Å². The summed E-state index contributed by atoms with van der Waals surface area (Å²) in [5, 5.41) is 0. The van der Waals surface area contributed by atoms with Crippen molar-refractivity contribution in [2.75, 3.05) is 18.0 Å². The molecule has 0 atom stereocenters. The van der Waals surface area contributed by atoms with Gasteiger partial charge in [0.25, 0.3) is 0 Å². The lowest BCUT2D eigenvalue weighted by Crippen LogP contribution is -2.19. The Labute approximate surface area is 129 Å². The normalized spacial score (nSPS) is 15.0. The average Bonchev–Trinajstić information content (AvgIpc) is 3.03. The maximum atomic E-state index is 14.3.